The van der Waals surface area contributed by atoms with Gasteiger partial charge in [0.2, 0.25) is 0 Å². The van der Waals surface area contributed by atoms with Crippen LogP contribution in [0, 0.1) is 0 Å². The molecule has 1 saturated heterocycles. The van der Waals surface area contributed by atoms with Crippen LogP contribution in [0.15, 0.2) is 0 Å². The second-order valence-corrected chi connectivity index (χ2v) is 4.42. The summed E-state index contributed by atoms with van der Waals surface area (Å²) in [6, 6.07) is -0.0738. The normalized spacial score (nSPS) is 25.7. The van der Waals surface area contributed by atoms with Crippen LogP contribution in [0.1, 0.15) is 39.5 Å². The lowest BCUT2D eigenvalue weighted by molar-refractivity contribution is -0.134. The molecular weight excluding hydrogens is 219 g/mol. The van der Waals surface area contributed by atoms with E-state index in [2.05, 4.69) is 5.32 Å². The first-order valence-corrected chi connectivity index (χ1v) is 5.85. The van der Waals surface area contributed by atoms with Gasteiger partial charge >= 0.3 is 6.18 Å². The van der Waals surface area contributed by atoms with Gasteiger partial charge in [0, 0.05) is 12.6 Å². The minimum atomic E-state index is -4.13. The number of halogens is 3. The van der Waals surface area contributed by atoms with E-state index in [0.29, 0.717) is 19.4 Å². The average Bonchev–Trinajstić information content (AvgIpc) is 2.26. The van der Waals surface area contributed by atoms with Crippen LogP contribution < -0.4 is 5.32 Å². The molecule has 0 aliphatic carbocycles. The number of nitrogens with one attached hydrogen (secondary N) is 1. The Morgan fingerprint density at radius 2 is 1.94 bits per heavy atom. The van der Waals surface area contributed by atoms with Gasteiger partial charge in [0.15, 0.2) is 0 Å². The number of rotatable bonds is 4. The van der Waals surface area contributed by atoms with Crippen molar-refractivity contribution in [2.45, 2.75) is 57.3 Å². The lowest BCUT2D eigenvalue weighted by Crippen LogP contribution is -2.48. The van der Waals surface area contributed by atoms with Gasteiger partial charge in [-0.25, -0.2) is 0 Å². The smallest absolute Gasteiger partial charge is 0.375 e. The molecule has 1 fully saturated rings. The lowest BCUT2D eigenvalue weighted by Gasteiger charge is -2.40. The summed E-state index contributed by atoms with van der Waals surface area (Å²) in [5.41, 5.74) is -0.221. The maximum Gasteiger partial charge on any atom is 0.401 e. The summed E-state index contributed by atoms with van der Waals surface area (Å²) in [5, 5.41) is 2.58. The zero-order valence-corrected chi connectivity index (χ0v) is 9.86. The third-order valence-corrected chi connectivity index (χ3v) is 3.37. The Morgan fingerprint density at radius 1 is 1.31 bits per heavy atom. The van der Waals surface area contributed by atoms with Crippen LogP contribution in [0.3, 0.4) is 0 Å². The zero-order valence-electron chi connectivity index (χ0n) is 9.86. The first-order valence-electron chi connectivity index (χ1n) is 5.85. The highest BCUT2D eigenvalue weighted by Crippen LogP contribution is 2.31. The summed E-state index contributed by atoms with van der Waals surface area (Å²) in [4.78, 5) is 0. The Kier molecular flexibility index (Phi) is 4.62. The maximum atomic E-state index is 12.1. The fraction of sp³-hybridized carbons (Fsp3) is 1.00. The van der Waals surface area contributed by atoms with E-state index >= 15 is 0 Å². The Morgan fingerprint density at radius 3 is 2.44 bits per heavy atom. The van der Waals surface area contributed by atoms with Gasteiger partial charge in [0.1, 0.15) is 0 Å². The van der Waals surface area contributed by atoms with Gasteiger partial charge < -0.3 is 10.1 Å². The van der Waals surface area contributed by atoms with Crippen molar-refractivity contribution in [3.63, 3.8) is 0 Å². The van der Waals surface area contributed by atoms with Crippen molar-refractivity contribution >= 4 is 0 Å². The molecule has 16 heavy (non-hydrogen) atoms. The number of alkyl halides is 3. The highest BCUT2D eigenvalue weighted by Gasteiger charge is 2.36. The second-order valence-electron chi connectivity index (χ2n) is 4.42. The van der Waals surface area contributed by atoms with E-state index in [1.54, 1.807) is 0 Å². The van der Waals surface area contributed by atoms with Gasteiger partial charge in [-0.15, -0.1) is 0 Å². The van der Waals surface area contributed by atoms with E-state index in [4.69, 9.17) is 4.74 Å². The fourth-order valence-electron chi connectivity index (χ4n) is 2.20. The first kappa shape index (κ1) is 13.8. The third-order valence-electron chi connectivity index (χ3n) is 3.37. The largest absolute Gasteiger partial charge is 0.401 e. The van der Waals surface area contributed by atoms with E-state index in [1.165, 1.54) is 0 Å². The molecule has 1 aliphatic heterocycles. The number of hydrogen-bond donors (Lipinski definition) is 1. The van der Waals surface area contributed by atoms with Gasteiger partial charge in [-0.1, -0.05) is 13.8 Å². The van der Waals surface area contributed by atoms with E-state index in [-0.39, 0.29) is 11.6 Å². The first-order chi connectivity index (χ1) is 7.41. The lowest BCUT2D eigenvalue weighted by atomic mass is 9.86. The summed E-state index contributed by atoms with van der Waals surface area (Å²) < 4.78 is 41.9. The molecule has 1 rings (SSSR count). The highest BCUT2D eigenvalue weighted by molar-refractivity contribution is 4.88. The van der Waals surface area contributed by atoms with Crippen LogP contribution in [0.5, 0.6) is 0 Å². The maximum absolute atomic E-state index is 12.1. The van der Waals surface area contributed by atoms with E-state index in [1.807, 2.05) is 13.8 Å². The van der Waals surface area contributed by atoms with Crippen LogP contribution in [0.25, 0.3) is 0 Å². The Hall–Kier alpha value is -0.290. The molecule has 1 unspecified atom stereocenters. The van der Waals surface area contributed by atoms with Crippen LogP contribution in [-0.2, 0) is 4.74 Å². The van der Waals surface area contributed by atoms with Gasteiger partial charge in [0.05, 0.1) is 12.1 Å². The average molecular weight is 239 g/mol. The molecular formula is C11H20F3NO. The molecule has 2 nitrogen and oxygen atoms in total. The number of hydrogen-bond acceptors (Lipinski definition) is 2. The second kappa shape index (κ2) is 5.36. The molecule has 0 aromatic carbocycles. The summed E-state index contributed by atoms with van der Waals surface area (Å²) >= 11 is 0. The Bertz CT molecular complexity index is 214. The Balaban J connectivity index is 2.44. The molecule has 0 saturated carbocycles. The summed E-state index contributed by atoms with van der Waals surface area (Å²) in [6.45, 7) is 3.70. The fourth-order valence-corrected chi connectivity index (χ4v) is 2.20. The standard InChI is InChI=1S/C11H20F3NO/c1-3-10(4-2)7-9(5-6-16-10)15-8-11(12,13)14/h9,15H,3-8H2,1-2H3. The molecule has 0 aromatic rings. The molecule has 1 heterocycles. The van der Waals surface area contributed by atoms with E-state index in [9.17, 15) is 13.2 Å². The van der Waals surface area contributed by atoms with Crippen molar-refractivity contribution in [2.24, 2.45) is 0 Å². The molecule has 0 radical (unpaired) electrons. The topological polar surface area (TPSA) is 21.3 Å². The van der Waals surface area contributed by atoms with Gasteiger partial charge in [-0.05, 0) is 25.7 Å². The zero-order chi connectivity index (χ0) is 12.2. The molecule has 96 valence electrons. The molecule has 5 heteroatoms. The predicted molar refractivity (Wildman–Crippen MR) is 56.3 cm³/mol. The SMILES string of the molecule is CCC1(CC)CC(NCC(F)(F)F)CCO1. The van der Waals surface area contributed by atoms with E-state index < -0.39 is 12.7 Å². The van der Waals surface area contributed by atoms with Gasteiger partial charge in [-0.3, -0.25) is 0 Å². The molecule has 0 bridgehead atoms. The molecule has 0 spiro atoms. The quantitative estimate of drug-likeness (QED) is 0.814. The van der Waals surface area contributed by atoms with Crippen LogP contribution in [-0.4, -0.2) is 31.0 Å². The van der Waals surface area contributed by atoms with Crippen molar-refractivity contribution in [1.82, 2.24) is 5.32 Å². The highest BCUT2D eigenvalue weighted by atomic mass is 19.4. The molecule has 0 aromatic heterocycles. The van der Waals surface area contributed by atoms with Crippen molar-refractivity contribution in [1.29, 1.82) is 0 Å². The minimum Gasteiger partial charge on any atom is -0.375 e. The molecule has 1 N–H and O–H groups in total. The molecule has 1 aliphatic rings. The third kappa shape index (κ3) is 3.94. The van der Waals surface area contributed by atoms with Crippen LogP contribution in [0.4, 0.5) is 13.2 Å². The Labute approximate surface area is 94.5 Å². The van der Waals surface area contributed by atoms with Crippen LogP contribution in [0.2, 0.25) is 0 Å². The monoisotopic (exact) mass is 239 g/mol. The minimum absolute atomic E-state index is 0.0738. The van der Waals surface area contributed by atoms with Gasteiger partial charge in [-0.2, -0.15) is 13.2 Å². The van der Waals surface area contributed by atoms with E-state index in [0.717, 1.165) is 12.8 Å². The number of ether oxygens (including phenoxy) is 1. The van der Waals surface area contributed by atoms with Crippen molar-refractivity contribution in [3.8, 4) is 0 Å². The van der Waals surface area contributed by atoms with Crippen LogP contribution >= 0.6 is 0 Å². The summed E-state index contributed by atoms with van der Waals surface area (Å²) in [5.74, 6) is 0. The predicted octanol–water partition coefficient (Wildman–Crippen LogP) is 2.88. The van der Waals surface area contributed by atoms with Gasteiger partial charge in [0.25, 0.3) is 0 Å². The van der Waals surface area contributed by atoms with Crippen molar-refractivity contribution < 1.29 is 17.9 Å². The van der Waals surface area contributed by atoms with Crippen molar-refractivity contribution in [2.75, 3.05) is 13.2 Å². The summed E-state index contributed by atoms with van der Waals surface area (Å²) in [7, 11) is 0. The van der Waals surface area contributed by atoms with Crippen molar-refractivity contribution in [3.05, 3.63) is 0 Å². The molecule has 0 amide bonds. The molecule has 1 atom stereocenters. The summed E-state index contributed by atoms with van der Waals surface area (Å²) in [6.07, 6.45) is -1.07.